The number of hydrogen-bond acceptors (Lipinski definition) is 4. The van der Waals surface area contributed by atoms with Gasteiger partial charge >= 0.3 is 6.09 Å². The minimum atomic E-state index is -0.632. The van der Waals surface area contributed by atoms with Crippen molar-refractivity contribution in [2.75, 3.05) is 26.7 Å². The Hall–Kier alpha value is -2.57. The highest BCUT2D eigenvalue weighted by Crippen LogP contribution is 2.30. The number of alkyl carbamates (subject to hydrolysis) is 1. The van der Waals surface area contributed by atoms with Gasteiger partial charge in [-0.25, -0.2) is 4.79 Å². The molecule has 1 N–H and O–H groups in total. The number of carbonyl (C=O) groups is 3. The molecule has 2 atom stereocenters. The van der Waals surface area contributed by atoms with Crippen LogP contribution < -0.4 is 5.32 Å². The van der Waals surface area contributed by atoms with Crippen molar-refractivity contribution in [3.63, 3.8) is 0 Å². The van der Waals surface area contributed by atoms with Gasteiger partial charge in [0.15, 0.2) is 0 Å². The molecule has 3 saturated heterocycles. The van der Waals surface area contributed by atoms with Crippen molar-refractivity contribution in [3.8, 4) is 0 Å². The van der Waals surface area contributed by atoms with Gasteiger partial charge in [-0.05, 0) is 18.4 Å². The van der Waals surface area contributed by atoms with Crippen LogP contribution in [-0.2, 0) is 20.9 Å². The minimum absolute atomic E-state index is 0.0218. The molecule has 134 valence electrons. The van der Waals surface area contributed by atoms with Crippen molar-refractivity contribution < 1.29 is 19.1 Å². The Kier molecular flexibility index (Phi) is 5.21. The summed E-state index contributed by atoms with van der Waals surface area (Å²) in [5.74, 6) is -0.225. The highest BCUT2D eigenvalue weighted by molar-refractivity contribution is 5.85. The maximum atomic E-state index is 12.8. The number of piperidine rings is 1. The van der Waals surface area contributed by atoms with Crippen LogP contribution in [0.5, 0.6) is 0 Å². The first-order valence-electron chi connectivity index (χ1n) is 8.52. The highest BCUT2D eigenvalue weighted by atomic mass is 16.5. The molecule has 0 radical (unpaired) electrons. The lowest BCUT2D eigenvalue weighted by Crippen LogP contribution is -2.47. The first-order valence-corrected chi connectivity index (χ1v) is 8.52. The molecule has 1 aromatic rings. The molecule has 3 heterocycles. The van der Waals surface area contributed by atoms with E-state index in [0.29, 0.717) is 19.6 Å². The lowest BCUT2D eigenvalue weighted by atomic mass is 9.93. The van der Waals surface area contributed by atoms with Crippen molar-refractivity contribution in [1.82, 2.24) is 15.1 Å². The number of methoxy groups -OCH3 is 1. The van der Waals surface area contributed by atoms with Crippen LogP contribution in [0.1, 0.15) is 18.4 Å². The van der Waals surface area contributed by atoms with Crippen LogP contribution in [0.4, 0.5) is 4.79 Å². The zero-order valence-electron chi connectivity index (χ0n) is 14.3. The second-order valence-corrected chi connectivity index (χ2v) is 6.52. The number of hydrogen-bond donors (Lipinski definition) is 1. The van der Waals surface area contributed by atoms with E-state index in [2.05, 4.69) is 10.1 Å². The first-order chi connectivity index (χ1) is 12.1. The van der Waals surface area contributed by atoms with E-state index in [1.165, 1.54) is 7.11 Å². The number of benzene rings is 1. The van der Waals surface area contributed by atoms with Crippen molar-refractivity contribution in [3.05, 3.63) is 35.9 Å². The van der Waals surface area contributed by atoms with Gasteiger partial charge in [0.05, 0.1) is 13.0 Å². The molecule has 0 saturated carbocycles. The summed E-state index contributed by atoms with van der Waals surface area (Å²) in [5.41, 5.74) is 1.09. The van der Waals surface area contributed by atoms with Gasteiger partial charge in [0.2, 0.25) is 11.8 Å². The smallest absolute Gasteiger partial charge is 0.407 e. The summed E-state index contributed by atoms with van der Waals surface area (Å²) in [6.07, 6.45) is 1.08. The third-order valence-electron chi connectivity index (χ3n) is 4.91. The molecule has 0 aromatic heterocycles. The fourth-order valence-electron chi connectivity index (χ4n) is 3.56. The van der Waals surface area contributed by atoms with E-state index in [4.69, 9.17) is 0 Å². The summed E-state index contributed by atoms with van der Waals surface area (Å²) < 4.78 is 4.48. The van der Waals surface area contributed by atoms with Crippen LogP contribution in [0.3, 0.4) is 0 Å². The van der Waals surface area contributed by atoms with Gasteiger partial charge in [-0.3, -0.25) is 9.59 Å². The topological polar surface area (TPSA) is 79.0 Å². The van der Waals surface area contributed by atoms with Crippen LogP contribution >= 0.6 is 0 Å². The lowest BCUT2D eigenvalue weighted by molar-refractivity contribution is -0.140. The third-order valence-corrected chi connectivity index (χ3v) is 4.91. The SMILES string of the molecule is COC(=O)NCC(=O)N1CC2CCC(C1)N(Cc1ccccc1)C2=O. The normalized spacial score (nSPS) is 22.5. The zero-order chi connectivity index (χ0) is 17.8. The van der Waals surface area contributed by atoms with Crippen molar-refractivity contribution in [1.29, 1.82) is 0 Å². The van der Waals surface area contributed by atoms with E-state index in [9.17, 15) is 14.4 Å². The summed E-state index contributed by atoms with van der Waals surface area (Å²) in [4.78, 5) is 39.9. The maximum Gasteiger partial charge on any atom is 0.407 e. The fraction of sp³-hybridized carbons (Fsp3) is 0.500. The predicted molar refractivity (Wildman–Crippen MR) is 90.5 cm³/mol. The van der Waals surface area contributed by atoms with Crippen molar-refractivity contribution in [2.45, 2.75) is 25.4 Å². The number of carbonyl (C=O) groups excluding carboxylic acids is 3. The summed E-state index contributed by atoms with van der Waals surface area (Å²) >= 11 is 0. The molecule has 3 aliphatic heterocycles. The monoisotopic (exact) mass is 345 g/mol. The second-order valence-electron chi connectivity index (χ2n) is 6.52. The largest absolute Gasteiger partial charge is 0.453 e. The van der Waals surface area contributed by atoms with E-state index in [1.807, 2.05) is 35.2 Å². The summed E-state index contributed by atoms with van der Waals surface area (Å²) in [6.45, 7) is 1.39. The third kappa shape index (κ3) is 3.92. The van der Waals surface area contributed by atoms with Crippen LogP contribution in [0.15, 0.2) is 30.3 Å². The molecule has 2 unspecified atom stereocenters. The summed E-state index contributed by atoms with van der Waals surface area (Å²) in [5, 5.41) is 2.41. The molecule has 2 bridgehead atoms. The van der Waals surface area contributed by atoms with Crippen LogP contribution in [0.25, 0.3) is 0 Å². The molecule has 4 rings (SSSR count). The lowest BCUT2D eigenvalue weighted by Gasteiger charge is -2.36. The van der Waals surface area contributed by atoms with E-state index < -0.39 is 6.09 Å². The van der Waals surface area contributed by atoms with Crippen molar-refractivity contribution in [2.24, 2.45) is 5.92 Å². The van der Waals surface area contributed by atoms with Crippen LogP contribution in [-0.4, -0.2) is 60.5 Å². The molecule has 7 heteroatoms. The van der Waals surface area contributed by atoms with Gasteiger partial charge in [-0.1, -0.05) is 30.3 Å². The molecule has 3 aliphatic rings. The average Bonchev–Trinajstić information content (AvgIpc) is 2.93. The highest BCUT2D eigenvalue weighted by Gasteiger charge is 2.41. The molecule has 0 aliphatic carbocycles. The predicted octanol–water partition coefficient (Wildman–Crippen LogP) is 0.992. The molecule has 1 aromatic carbocycles. The van der Waals surface area contributed by atoms with E-state index in [1.54, 1.807) is 4.90 Å². The first kappa shape index (κ1) is 17.3. The number of rotatable bonds is 4. The number of nitrogens with zero attached hydrogens (tertiary/aromatic N) is 2. The van der Waals surface area contributed by atoms with Gasteiger partial charge in [0.1, 0.15) is 6.54 Å². The summed E-state index contributed by atoms with van der Waals surface area (Å²) in [6, 6.07) is 9.92. The number of fused-ring (bicyclic) bond motifs is 4. The Morgan fingerprint density at radius 2 is 1.96 bits per heavy atom. The molecule has 25 heavy (non-hydrogen) atoms. The number of amides is 3. The van der Waals surface area contributed by atoms with E-state index in [0.717, 1.165) is 18.4 Å². The quantitative estimate of drug-likeness (QED) is 0.883. The Bertz CT molecular complexity index is 649. The van der Waals surface area contributed by atoms with E-state index >= 15 is 0 Å². The maximum absolute atomic E-state index is 12.8. The number of nitrogens with one attached hydrogen (secondary N) is 1. The second kappa shape index (κ2) is 7.55. The van der Waals surface area contributed by atoms with E-state index in [-0.39, 0.29) is 30.3 Å². The summed E-state index contributed by atoms with van der Waals surface area (Å²) in [7, 11) is 1.26. The standard InChI is InChI=1S/C18H23N3O4/c1-25-18(24)19-9-16(22)20-11-14-7-8-15(12-20)21(17(14)23)10-13-5-3-2-4-6-13/h2-6,14-15H,7-12H2,1H3,(H,19,24). The van der Waals surface area contributed by atoms with Crippen molar-refractivity contribution >= 4 is 17.9 Å². The van der Waals surface area contributed by atoms with Crippen LogP contribution in [0.2, 0.25) is 0 Å². The molecular formula is C18H23N3O4. The molecule has 3 amide bonds. The zero-order valence-corrected chi connectivity index (χ0v) is 14.3. The Labute approximate surface area is 146 Å². The fourth-order valence-corrected chi connectivity index (χ4v) is 3.56. The molecular weight excluding hydrogens is 322 g/mol. The minimum Gasteiger partial charge on any atom is -0.453 e. The Balaban J connectivity index is 1.68. The van der Waals surface area contributed by atoms with Gasteiger partial charge in [-0.15, -0.1) is 0 Å². The van der Waals surface area contributed by atoms with Gasteiger partial charge in [0.25, 0.3) is 0 Å². The number of ether oxygens (including phenoxy) is 1. The van der Waals surface area contributed by atoms with Crippen LogP contribution in [0, 0.1) is 5.92 Å². The average molecular weight is 345 g/mol. The Morgan fingerprint density at radius 3 is 2.68 bits per heavy atom. The van der Waals surface area contributed by atoms with Gasteiger partial charge in [0, 0.05) is 25.7 Å². The van der Waals surface area contributed by atoms with Gasteiger partial charge in [-0.2, -0.15) is 0 Å². The molecule has 3 fully saturated rings. The Morgan fingerprint density at radius 1 is 1.20 bits per heavy atom. The molecule has 0 spiro atoms. The molecule has 7 nitrogen and oxygen atoms in total. The van der Waals surface area contributed by atoms with Gasteiger partial charge < -0.3 is 19.9 Å².